The summed E-state index contributed by atoms with van der Waals surface area (Å²) in [6.07, 6.45) is 4.64. The van der Waals surface area contributed by atoms with Crippen molar-refractivity contribution >= 4 is 37.7 Å². The van der Waals surface area contributed by atoms with Gasteiger partial charge in [0.2, 0.25) is 26.0 Å². The number of sulfonamides is 2. The van der Waals surface area contributed by atoms with Gasteiger partial charge in [0.05, 0.1) is 23.0 Å². The highest BCUT2D eigenvalue weighted by Gasteiger charge is 2.27. The zero-order chi connectivity index (χ0) is 24.2. The third kappa shape index (κ3) is 5.56. The van der Waals surface area contributed by atoms with E-state index < -0.39 is 20.0 Å². The minimum Gasteiger partial charge on any atom is -0.379 e. The molecule has 0 aliphatic carbocycles. The molecule has 4 rings (SSSR count). The summed E-state index contributed by atoms with van der Waals surface area (Å²) in [6.45, 7) is 2.49. The van der Waals surface area contributed by atoms with Crippen molar-refractivity contribution in [3.63, 3.8) is 0 Å². The Morgan fingerprint density at radius 3 is 1.82 bits per heavy atom. The average molecular weight is 506 g/mol. The number of rotatable bonds is 7. The quantitative estimate of drug-likeness (QED) is 0.577. The van der Waals surface area contributed by atoms with Crippen molar-refractivity contribution in [2.75, 3.05) is 44.7 Å². The van der Waals surface area contributed by atoms with E-state index >= 15 is 0 Å². The summed E-state index contributed by atoms with van der Waals surface area (Å²) < 4.78 is 58.6. The Morgan fingerprint density at radius 2 is 1.26 bits per heavy atom. The van der Waals surface area contributed by atoms with Crippen molar-refractivity contribution in [3.05, 3.63) is 60.2 Å². The predicted molar refractivity (Wildman–Crippen MR) is 128 cm³/mol. The first-order valence-electron chi connectivity index (χ1n) is 11.0. The van der Waals surface area contributed by atoms with Gasteiger partial charge in [-0.25, -0.2) is 16.8 Å². The van der Waals surface area contributed by atoms with Crippen LogP contribution in [0.2, 0.25) is 0 Å². The van der Waals surface area contributed by atoms with Crippen molar-refractivity contribution in [3.8, 4) is 0 Å². The van der Waals surface area contributed by atoms with Crippen molar-refractivity contribution in [2.45, 2.75) is 22.6 Å². The fourth-order valence-corrected chi connectivity index (χ4v) is 6.76. The van der Waals surface area contributed by atoms with Gasteiger partial charge in [-0.2, -0.15) is 8.61 Å². The summed E-state index contributed by atoms with van der Waals surface area (Å²) in [5.41, 5.74) is 1.14. The zero-order valence-electron chi connectivity index (χ0n) is 18.6. The van der Waals surface area contributed by atoms with Crippen molar-refractivity contribution < 1.29 is 26.4 Å². The van der Waals surface area contributed by atoms with E-state index in [4.69, 9.17) is 4.74 Å². The van der Waals surface area contributed by atoms with E-state index in [2.05, 4.69) is 5.32 Å². The molecular weight excluding hydrogens is 478 g/mol. The Kier molecular flexibility index (Phi) is 7.48. The fourth-order valence-electron chi connectivity index (χ4n) is 3.83. The molecule has 1 N–H and O–H groups in total. The molecule has 2 aromatic carbocycles. The second-order valence-corrected chi connectivity index (χ2v) is 11.9. The smallest absolute Gasteiger partial charge is 0.248 e. The van der Waals surface area contributed by atoms with E-state index in [1.54, 1.807) is 30.3 Å². The number of hydrogen-bond acceptors (Lipinski definition) is 6. The molecule has 0 aromatic heterocycles. The molecule has 11 heteroatoms. The third-order valence-corrected chi connectivity index (χ3v) is 9.57. The summed E-state index contributed by atoms with van der Waals surface area (Å²) in [4.78, 5) is 12.7. The molecule has 0 radical (unpaired) electrons. The molecule has 2 aliphatic rings. The van der Waals surface area contributed by atoms with Crippen LogP contribution in [0.25, 0.3) is 6.08 Å². The Bertz CT molecular complexity index is 1240. The van der Waals surface area contributed by atoms with E-state index in [1.807, 2.05) is 0 Å². The lowest BCUT2D eigenvalue weighted by atomic mass is 10.2. The molecule has 0 unspecified atom stereocenters. The first kappa shape index (κ1) is 24.6. The number of amides is 1. The fraction of sp³-hybridized carbons (Fsp3) is 0.348. The van der Waals surface area contributed by atoms with Crippen LogP contribution in [0.3, 0.4) is 0 Å². The largest absolute Gasteiger partial charge is 0.379 e. The maximum atomic E-state index is 12.7. The molecule has 0 saturated carbocycles. The van der Waals surface area contributed by atoms with Crippen LogP contribution in [0, 0.1) is 0 Å². The van der Waals surface area contributed by atoms with E-state index in [1.165, 1.54) is 39.0 Å². The number of anilines is 1. The molecule has 182 valence electrons. The molecule has 2 aliphatic heterocycles. The van der Waals surface area contributed by atoms with Crippen LogP contribution in [0.4, 0.5) is 5.69 Å². The second-order valence-electron chi connectivity index (χ2n) is 8.04. The van der Waals surface area contributed by atoms with Crippen LogP contribution in [0.1, 0.15) is 18.4 Å². The van der Waals surface area contributed by atoms with Crippen LogP contribution in [-0.4, -0.2) is 70.7 Å². The minimum atomic E-state index is -3.57. The van der Waals surface area contributed by atoms with Gasteiger partial charge in [0, 0.05) is 37.9 Å². The van der Waals surface area contributed by atoms with Gasteiger partial charge in [-0.05, 0) is 60.9 Å². The summed E-state index contributed by atoms with van der Waals surface area (Å²) in [5, 5.41) is 2.69. The van der Waals surface area contributed by atoms with E-state index in [9.17, 15) is 21.6 Å². The number of nitrogens with one attached hydrogen (secondary N) is 1. The Morgan fingerprint density at radius 1 is 0.765 bits per heavy atom. The van der Waals surface area contributed by atoms with Gasteiger partial charge >= 0.3 is 0 Å². The molecule has 0 spiro atoms. The van der Waals surface area contributed by atoms with Crippen LogP contribution >= 0.6 is 0 Å². The Balaban J connectivity index is 1.35. The number of carbonyl (C=O) groups excluding carboxylic acids is 1. The van der Waals surface area contributed by atoms with Crippen molar-refractivity contribution in [1.29, 1.82) is 0 Å². The zero-order valence-corrected chi connectivity index (χ0v) is 20.2. The van der Waals surface area contributed by atoms with Crippen LogP contribution < -0.4 is 5.32 Å². The third-order valence-electron chi connectivity index (χ3n) is 5.74. The average Bonchev–Trinajstić information content (AvgIpc) is 3.40. The lowest BCUT2D eigenvalue weighted by Gasteiger charge is -2.26. The molecule has 2 saturated heterocycles. The molecule has 34 heavy (non-hydrogen) atoms. The summed E-state index contributed by atoms with van der Waals surface area (Å²) in [5.74, 6) is -0.389. The number of morpholine rings is 1. The first-order chi connectivity index (χ1) is 16.3. The number of hydrogen-bond donors (Lipinski definition) is 1. The molecule has 2 heterocycles. The highest BCUT2D eigenvalue weighted by atomic mass is 32.2. The van der Waals surface area contributed by atoms with Gasteiger partial charge < -0.3 is 10.1 Å². The van der Waals surface area contributed by atoms with Crippen LogP contribution in [0.15, 0.2) is 64.4 Å². The summed E-state index contributed by atoms with van der Waals surface area (Å²) in [6, 6.07) is 12.4. The van der Waals surface area contributed by atoms with Gasteiger partial charge in [0.15, 0.2) is 0 Å². The maximum absolute atomic E-state index is 12.7. The number of nitrogens with zero attached hydrogens (tertiary/aromatic N) is 2. The van der Waals surface area contributed by atoms with Crippen molar-refractivity contribution in [2.24, 2.45) is 0 Å². The second kappa shape index (κ2) is 10.4. The Hall–Kier alpha value is -2.57. The molecule has 0 atom stereocenters. The molecule has 1 amide bonds. The van der Waals surface area contributed by atoms with Crippen LogP contribution in [0.5, 0.6) is 0 Å². The normalized spacial score (nSPS) is 18.4. The van der Waals surface area contributed by atoms with Gasteiger partial charge in [-0.15, -0.1) is 0 Å². The standard InChI is InChI=1S/C23H27N3O6S2/c27-23(24-20-6-10-22(11-7-20)33(28,29)25-13-1-2-14-25)12-5-19-3-8-21(9-4-19)34(30,31)26-15-17-32-18-16-26/h3-12H,1-2,13-18H2,(H,24,27)/b12-5+. The lowest BCUT2D eigenvalue weighted by Crippen LogP contribution is -2.40. The van der Waals surface area contributed by atoms with Gasteiger partial charge in [0.25, 0.3) is 0 Å². The SMILES string of the molecule is O=C(/C=C/c1ccc(S(=O)(=O)N2CCOCC2)cc1)Nc1ccc(S(=O)(=O)N2CCCC2)cc1. The summed E-state index contributed by atoms with van der Waals surface area (Å²) in [7, 11) is -7.06. The maximum Gasteiger partial charge on any atom is 0.248 e. The monoisotopic (exact) mass is 505 g/mol. The number of carbonyl (C=O) groups is 1. The van der Waals surface area contributed by atoms with E-state index in [0.717, 1.165) is 12.8 Å². The first-order valence-corrected chi connectivity index (χ1v) is 13.9. The van der Waals surface area contributed by atoms with E-state index in [0.29, 0.717) is 50.6 Å². The molecule has 2 fully saturated rings. The predicted octanol–water partition coefficient (Wildman–Crippen LogP) is 2.14. The molecular formula is C23H27N3O6S2. The topological polar surface area (TPSA) is 113 Å². The molecule has 9 nitrogen and oxygen atoms in total. The lowest BCUT2D eigenvalue weighted by molar-refractivity contribution is -0.111. The summed E-state index contributed by atoms with van der Waals surface area (Å²) >= 11 is 0. The van der Waals surface area contributed by atoms with Gasteiger partial charge in [-0.3, -0.25) is 4.79 Å². The number of benzene rings is 2. The molecule has 2 aromatic rings. The van der Waals surface area contributed by atoms with Gasteiger partial charge in [-0.1, -0.05) is 12.1 Å². The molecule has 0 bridgehead atoms. The highest BCUT2D eigenvalue weighted by Crippen LogP contribution is 2.22. The van der Waals surface area contributed by atoms with Crippen molar-refractivity contribution in [1.82, 2.24) is 8.61 Å². The van der Waals surface area contributed by atoms with Gasteiger partial charge in [0.1, 0.15) is 0 Å². The van der Waals surface area contributed by atoms with E-state index in [-0.39, 0.29) is 15.7 Å². The Labute approximate surface area is 200 Å². The highest BCUT2D eigenvalue weighted by molar-refractivity contribution is 7.89. The van der Waals surface area contributed by atoms with Crippen LogP contribution in [-0.2, 0) is 29.6 Å². The number of ether oxygens (including phenoxy) is 1. The minimum absolute atomic E-state index is 0.194.